The van der Waals surface area contributed by atoms with Crippen molar-refractivity contribution in [3.8, 4) is 11.5 Å². The van der Waals surface area contributed by atoms with E-state index in [1.54, 1.807) is 31.5 Å². The number of methoxy groups -OCH3 is 1. The van der Waals surface area contributed by atoms with Crippen molar-refractivity contribution in [3.63, 3.8) is 0 Å². The molecule has 0 bridgehead atoms. The lowest BCUT2D eigenvalue weighted by atomic mass is 10.0. The van der Waals surface area contributed by atoms with Gasteiger partial charge in [-0.2, -0.15) is 0 Å². The smallest absolute Gasteiger partial charge is 0.272 e. The Kier molecular flexibility index (Phi) is 6.31. The van der Waals surface area contributed by atoms with E-state index in [1.807, 2.05) is 24.3 Å². The first-order valence-electron chi connectivity index (χ1n) is 11.3. The van der Waals surface area contributed by atoms with Gasteiger partial charge in [-0.3, -0.25) is 14.4 Å². The second-order valence-corrected chi connectivity index (χ2v) is 8.35. The fourth-order valence-corrected chi connectivity index (χ4v) is 4.04. The van der Waals surface area contributed by atoms with Crippen molar-refractivity contribution in [1.29, 1.82) is 0 Å². The van der Waals surface area contributed by atoms with Crippen molar-refractivity contribution in [3.05, 3.63) is 77.4 Å². The minimum atomic E-state index is -0.398. The monoisotopic (exact) mass is 485 g/mol. The molecule has 4 aromatic rings. The average Bonchev–Trinajstić information content (AvgIpc) is 3.30. The number of hydrogen-bond donors (Lipinski definition) is 3. The van der Waals surface area contributed by atoms with E-state index in [9.17, 15) is 14.4 Å². The number of H-pyrrole nitrogens is 1. The minimum Gasteiger partial charge on any atom is -0.497 e. The Labute approximate surface area is 206 Å². The molecule has 3 N–H and O–H groups in total. The molecule has 0 radical (unpaired) electrons. The lowest BCUT2D eigenvalue weighted by molar-refractivity contribution is -0.121. The van der Waals surface area contributed by atoms with Crippen molar-refractivity contribution in [2.24, 2.45) is 0 Å². The van der Waals surface area contributed by atoms with Gasteiger partial charge in [-0.25, -0.2) is 9.97 Å². The molecule has 1 aliphatic rings. The maximum atomic E-state index is 12.9. The van der Waals surface area contributed by atoms with Gasteiger partial charge >= 0.3 is 0 Å². The quantitative estimate of drug-likeness (QED) is 0.366. The largest absolute Gasteiger partial charge is 0.497 e. The molecule has 0 spiro atoms. The molecule has 0 atom stereocenters. The molecule has 0 saturated heterocycles. The minimum absolute atomic E-state index is 0.0192. The molecule has 10 nitrogen and oxygen atoms in total. The van der Waals surface area contributed by atoms with Crippen LogP contribution < -0.4 is 20.1 Å². The number of fused-ring (bicyclic) bond motifs is 2. The molecular formula is C26H23N5O5. The first-order valence-corrected chi connectivity index (χ1v) is 11.3. The van der Waals surface area contributed by atoms with Crippen molar-refractivity contribution < 1.29 is 23.9 Å². The van der Waals surface area contributed by atoms with Gasteiger partial charge in [0.2, 0.25) is 5.91 Å². The van der Waals surface area contributed by atoms with E-state index in [0.29, 0.717) is 34.6 Å². The van der Waals surface area contributed by atoms with Gasteiger partial charge < -0.3 is 25.1 Å². The zero-order chi connectivity index (χ0) is 25.1. The SMILES string of the molecule is COc1ccc(CC(=O)Nc2c[nH]c3c(C(=O)NCc4ccc5c(c4)CC(=O)CO5)ncnc23)cc1. The lowest BCUT2D eigenvalue weighted by Crippen LogP contribution is -2.25. The summed E-state index contributed by atoms with van der Waals surface area (Å²) in [5, 5.41) is 5.68. The van der Waals surface area contributed by atoms with Crippen molar-refractivity contribution in [2.45, 2.75) is 19.4 Å². The Bertz CT molecular complexity index is 1460. The van der Waals surface area contributed by atoms with Crippen molar-refractivity contribution in [1.82, 2.24) is 20.3 Å². The molecule has 3 heterocycles. The van der Waals surface area contributed by atoms with Crippen LogP contribution in [-0.4, -0.2) is 46.3 Å². The third-order valence-electron chi connectivity index (χ3n) is 5.83. The molecule has 0 aliphatic carbocycles. The molecule has 182 valence electrons. The number of amides is 2. The van der Waals surface area contributed by atoms with E-state index in [4.69, 9.17) is 9.47 Å². The Morgan fingerprint density at radius 1 is 1.11 bits per heavy atom. The third-order valence-corrected chi connectivity index (χ3v) is 5.83. The second-order valence-electron chi connectivity index (χ2n) is 8.35. The summed E-state index contributed by atoms with van der Waals surface area (Å²) in [6.45, 7) is 0.338. The van der Waals surface area contributed by atoms with E-state index in [0.717, 1.165) is 16.7 Å². The van der Waals surface area contributed by atoms with Crippen LogP contribution in [0.5, 0.6) is 11.5 Å². The highest BCUT2D eigenvalue weighted by Crippen LogP contribution is 2.25. The van der Waals surface area contributed by atoms with Gasteiger partial charge in [0, 0.05) is 24.7 Å². The molecule has 5 rings (SSSR count). The number of benzene rings is 2. The summed E-state index contributed by atoms with van der Waals surface area (Å²) in [6.07, 6.45) is 3.36. The summed E-state index contributed by atoms with van der Waals surface area (Å²) < 4.78 is 10.6. The number of rotatable bonds is 7. The number of nitrogens with zero attached hydrogens (tertiary/aromatic N) is 2. The number of Topliss-reactive ketones (excluding diaryl/α,β-unsaturated/α-hetero) is 1. The second kappa shape index (κ2) is 9.87. The van der Waals surface area contributed by atoms with Gasteiger partial charge in [0.25, 0.3) is 5.91 Å². The van der Waals surface area contributed by atoms with Crippen LogP contribution in [0.25, 0.3) is 11.0 Å². The first kappa shape index (κ1) is 23.0. The number of ketones is 1. The van der Waals surface area contributed by atoms with E-state index in [-0.39, 0.29) is 37.0 Å². The maximum absolute atomic E-state index is 12.9. The molecule has 2 aromatic carbocycles. The zero-order valence-electron chi connectivity index (χ0n) is 19.5. The van der Waals surface area contributed by atoms with Gasteiger partial charge in [0.1, 0.15) is 29.9 Å². The molecule has 2 amide bonds. The van der Waals surface area contributed by atoms with Crippen molar-refractivity contribution >= 4 is 34.3 Å². The standard InChI is InChI=1S/C26H23N5O5/c1-35-19-5-2-15(3-6-19)9-22(33)31-20-12-27-24-23(20)29-14-30-25(24)26(34)28-11-16-4-7-21-17(8-16)10-18(32)13-36-21/h2-8,12,14,27H,9-11,13H2,1H3,(H,28,34)(H,31,33). The van der Waals surface area contributed by atoms with Crippen LogP contribution in [0.2, 0.25) is 0 Å². The Balaban J connectivity index is 1.26. The Morgan fingerprint density at radius 2 is 1.92 bits per heavy atom. The highest BCUT2D eigenvalue weighted by molar-refractivity contribution is 6.08. The van der Waals surface area contributed by atoms with E-state index in [2.05, 4.69) is 25.6 Å². The highest BCUT2D eigenvalue weighted by atomic mass is 16.5. The summed E-state index contributed by atoms with van der Waals surface area (Å²) >= 11 is 0. The average molecular weight is 486 g/mol. The van der Waals surface area contributed by atoms with Crippen LogP contribution in [0.15, 0.2) is 55.0 Å². The summed E-state index contributed by atoms with van der Waals surface area (Å²) in [5.74, 6) is 0.806. The fourth-order valence-electron chi connectivity index (χ4n) is 4.04. The Hall–Kier alpha value is -4.73. The topological polar surface area (TPSA) is 135 Å². The van der Waals surface area contributed by atoms with Gasteiger partial charge in [-0.15, -0.1) is 0 Å². The molecule has 2 aromatic heterocycles. The van der Waals surface area contributed by atoms with Gasteiger partial charge in [0.05, 0.1) is 24.7 Å². The van der Waals surface area contributed by atoms with E-state index in [1.165, 1.54) is 6.33 Å². The number of hydrogen-bond acceptors (Lipinski definition) is 7. The van der Waals surface area contributed by atoms with Gasteiger partial charge in [-0.1, -0.05) is 18.2 Å². The number of ether oxygens (including phenoxy) is 2. The normalized spacial score (nSPS) is 12.5. The van der Waals surface area contributed by atoms with Crippen LogP contribution in [0.4, 0.5) is 5.69 Å². The van der Waals surface area contributed by atoms with E-state index < -0.39 is 5.91 Å². The van der Waals surface area contributed by atoms with Crippen molar-refractivity contribution in [2.75, 3.05) is 19.0 Å². The molecule has 10 heteroatoms. The van der Waals surface area contributed by atoms with Crippen LogP contribution in [0.3, 0.4) is 0 Å². The predicted molar refractivity (Wildman–Crippen MR) is 131 cm³/mol. The van der Waals surface area contributed by atoms with Crippen LogP contribution in [0, 0.1) is 0 Å². The van der Waals surface area contributed by atoms with Gasteiger partial charge in [0.15, 0.2) is 11.5 Å². The van der Waals surface area contributed by atoms with Crippen LogP contribution in [0.1, 0.15) is 27.2 Å². The lowest BCUT2D eigenvalue weighted by Gasteiger charge is -2.17. The maximum Gasteiger partial charge on any atom is 0.272 e. The molecule has 0 fully saturated rings. The molecule has 36 heavy (non-hydrogen) atoms. The van der Waals surface area contributed by atoms with Crippen LogP contribution >= 0.6 is 0 Å². The summed E-state index contributed by atoms with van der Waals surface area (Å²) in [4.78, 5) is 48.5. The third kappa shape index (κ3) is 4.88. The number of aromatic amines is 1. The predicted octanol–water partition coefficient (Wildman–Crippen LogP) is 2.58. The first-order chi connectivity index (χ1) is 17.5. The van der Waals surface area contributed by atoms with Crippen LogP contribution in [-0.2, 0) is 29.0 Å². The number of nitrogens with one attached hydrogen (secondary N) is 3. The molecule has 1 aliphatic heterocycles. The number of aromatic nitrogens is 3. The highest BCUT2D eigenvalue weighted by Gasteiger charge is 2.19. The summed E-state index contributed by atoms with van der Waals surface area (Å²) in [7, 11) is 1.59. The van der Waals surface area contributed by atoms with E-state index >= 15 is 0 Å². The fraction of sp³-hybridized carbons (Fsp3) is 0.192. The molecule has 0 unspecified atom stereocenters. The molecular weight excluding hydrogens is 462 g/mol. The number of carbonyl (C=O) groups excluding carboxylic acids is 3. The van der Waals surface area contributed by atoms with Gasteiger partial charge in [-0.05, 0) is 35.4 Å². The zero-order valence-corrected chi connectivity index (χ0v) is 19.5. The Morgan fingerprint density at radius 3 is 2.72 bits per heavy atom. The molecule has 0 saturated carbocycles. The number of carbonyl (C=O) groups is 3. The summed E-state index contributed by atoms with van der Waals surface area (Å²) in [5.41, 5.74) is 3.94. The number of anilines is 1. The summed E-state index contributed by atoms with van der Waals surface area (Å²) in [6, 6.07) is 12.7.